The molecule has 0 radical (unpaired) electrons. The Morgan fingerprint density at radius 2 is 1.97 bits per heavy atom. The van der Waals surface area contributed by atoms with Crippen LogP contribution in [0.5, 0.6) is 0 Å². The molecule has 1 amide bonds. The predicted molar refractivity (Wildman–Crippen MR) is 134 cm³/mol. The van der Waals surface area contributed by atoms with Gasteiger partial charge in [0, 0.05) is 31.9 Å². The number of aryl methyl sites for hydroxylation is 1. The van der Waals surface area contributed by atoms with Crippen LogP contribution in [-0.2, 0) is 29.9 Å². The normalized spacial score (nSPS) is 22.4. The molecule has 38 heavy (non-hydrogen) atoms. The minimum Gasteiger partial charge on any atom is -0.381 e. The summed E-state index contributed by atoms with van der Waals surface area (Å²) in [5.74, 6) is -0.150. The predicted octanol–water partition coefficient (Wildman–Crippen LogP) is 4.37. The Hall–Kier alpha value is -3.47. The van der Waals surface area contributed by atoms with Gasteiger partial charge in [-0.3, -0.25) is 4.79 Å². The molecule has 0 spiro atoms. The van der Waals surface area contributed by atoms with Gasteiger partial charge in [0.05, 0.1) is 11.5 Å². The van der Waals surface area contributed by atoms with Crippen LogP contribution >= 0.6 is 0 Å². The Balaban J connectivity index is 1.56. The zero-order chi connectivity index (χ0) is 27.3. The fourth-order valence-corrected chi connectivity index (χ4v) is 5.80. The number of alkyl halides is 3. The van der Waals surface area contributed by atoms with Gasteiger partial charge in [0.15, 0.2) is 0 Å². The molecule has 11 heteroatoms. The Bertz CT molecular complexity index is 1340. The van der Waals surface area contributed by atoms with Crippen molar-refractivity contribution >= 4 is 11.6 Å². The quantitative estimate of drug-likeness (QED) is 0.466. The maximum absolute atomic E-state index is 13.6. The minimum atomic E-state index is -4.70. The van der Waals surface area contributed by atoms with Crippen LogP contribution in [0.3, 0.4) is 0 Å². The number of halogens is 3. The van der Waals surface area contributed by atoms with E-state index in [0.29, 0.717) is 5.56 Å². The first-order valence-corrected chi connectivity index (χ1v) is 12.6. The molecule has 2 saturated carbocycles. The van der Waals surface area contributed by atoms with Crippen molar-refractivity contribution in [1.82, 2.24) is 19.7 Å². The van der Waals surface area contributed by atoms with E-state index in [1.165, 1.54) is 6.07 Å². The van der Waals surface area contributed by atoms with Crippen LogP contribution in [0.4, 0.5) is 18.9 Å². The van der Waals surface area contributed by atoms with Crippen molar-refractivity contribution in [3.63, 3.8) is 0 Å². The van der Waals surface area contributed by atoms with Crippen molar-refractivity contribution in [2.24, 2.45) is 12.8 Å². The van der Waals surface area contributed by atoms with Crippen molar-refractivity contribution in [3.05, 3.63) is 71.1 Å². The molecule has 2 aliphatic carbocycles. The second-order valence-corrected chi connectivity index (χ2v) is 10.7. The minimum absolute atomic E-state index is 0.0976. The standard InChI is InChI=1S/C27H31F3N6O2/c1-25(8-5-9-25)36(15-17-10-21(23(31)37)33-22(11-17)27(28,29)30)19-7-4-6-18(12-19)26(13-20(14-26)38-3)24-34-32-16-35(24)2/h4,6-7,10-12,16,20H,5,8-9,13-15H2,1-3H3,(H2,31,37). The SMILES string of the molecule is COC1CC(c2cccc(N(Cc3cc(C(N)=O)nc(C(F)(F)F)c3)C3(C)CCC3)c2)(c2nncn2C)C1. The van der Waals surface area contributed by atoms with Crippen LogP contribution < -0.4 is 10.6 Å². The van der Waals surface area contributed by atoms with Gasteiger partial charge < -0.3 is 19.9 Å². The number of hydrogen-bond acceptors (Lipinski definition) is 6. The fraction of sp³-hybridized carbons (Fsp3) is 0.481. The lowest BCUT2D eigenvalue weighted by Gasteiger charge is -2.50. The van der Waals surface area contributed by atoms with E-state index in [9.17, 15) is 18.0 Å². The Morgan fingerprint density at radius 1 is 1.24 bits per heavy atom. The van der Waals surface area contributed by atoms with Gasteiger partial charge >= 0.3 is 6.18 Å². The first-order chi connectivity index (χ1) is 17.9. The average Bonchev–Trinajstić information content (AvgIpc) is 3.26. The number of aromatic nitrogens is 4. The lowest BCUT2D eigenvalue weighted by atomic mass is 9.62. The summed E-state index contributed by atoms with van der Waals surface area (Å²) >= 11 is 0. The lowest BCUT2D eigenvalue weighted by molar-refractivity contribution is -0.141. The summed E-state index contributed by atoms with van der Waals surface area (Å²) in [6.07, 6.45) is 1.41. The largest absolute Gasteiger partial charge is 0.433 e. The third-order valence-electron chi connectivity index (χ3n) is 8.19. The maximum atomic E-state index is 13.6. The van der Waals surface area contributed by atoms with Crippen molar-refractivity contribution in [2.75, 3.05) is 12.0 Å². The van der Waals surface area contributed by atoms with Crippen molar-refractivity contribution < 1.29 is 22.7 Å². The number of primary amides is 1. The molecule has 2 aliphatic rings. The second kappa shape index (κ2) is 9.37. The van der Waals surface area contributed by atoms with Crippen LogP contribution in [0.15, 0.2) is 42.7 Å². The molecular weight excluding hydrogens is 497 g/mol. The number of anilines is 1. The number of amides is 1. The molecule has 0 saturated heterocycles. The van der Waals surface area contributed by atoms with Crippen LogP contribution in [0.25, 0.3) is 0 Å². The maximum Gasteiger partial charge on any atom is 0.433 e. The van der Waals surface area contributed by atoms with Crippen LogP contribution in [0, 0.1) is 0 Å². The summed E-state index contributed by atoms with van der Waals surface area (Å²) in [6, 6.07) is 10.5. The molecule has 8 nitrogen and oxygen atoms in total. The summed E-state index contributed by atoms with van der Waals surface area (Å²) in [5, 5.41) is 8.52. The number of nitrogens with zero attached hydrogens (tertiary/aromatic N) is 5. The van der Waals surface area contributed by atoms with Crippen LogP contribution in [0.2, 0.25) is 0 Å². The number of ether oxygens (including phenoxy) is 1. The van der Waals surface area contributed by atoms with E-state index >= 15 is 0 Å². The lowest BCUT2D eigenvalue weighted by Crippen LogP contribution is -2.51. The number of methoxy groups -OCH3 is 1. The molecule has 0 unspecified atom stereocenters. The highest BCUT2D eigenvalue weighted by molar-refractivity contribution is 5.91. The molecule has 0 bridgehead atoms. The van der Waals surface area contributed by atoms with Crippen molar-refractivity contribution in [2.45, 2.75) is 68.8 Å². The summed E-state index contributed by atoms with van der Waals surface area (Å²) in [4.78, 5) is 17.4. The topological polar surface area (TPSA) is 99.2 Å². The van der Waals surface area contributed by atoms with Crippen LogP contribution in [0.1, 0.15) is 72.2 Å². The number of rotatable bonds is 8. The first kappa shape index (κ1) is 26.1. The van der Waals surface area contributed by atoms with Crippen LogP contribution in [-0.4, -0.2) is 44.4 Å². The molecule has 2 fully saturated rings. The third-order valence-corrected chi connectivity index (χ3v) is 8.19. The zero-order valence-corrected chi connectivity index (χ0v) is 21.6. The second-order valence-electron chi connectivity index (χ2n) is 10.7. The molecule has 3 aromatic rings. The van der Waals surface area contributed by atoms with Gasteiger partial charge in [-0.2, -0.15) is 13.2 Å². The average molecular weight is 529 g/mol. The summed E-state index contributed by atoms with van der Waals surface area (Å²) in [5.41, 5.74) is 5.43. The molecular formula is C27H31F3N6O2. The van der Waals surface area contributed by atoms with Gasteiger partial charge in [0.25, 0.3) is 5.91 Å². The van der Waals surface area contributed by atoms with E-state index in [-0.39, 0.29) is 23.6 Å². The highest BCUT2D eigenvalue weighted by Gasteiger charge is 2.50. The molecule has 2 heterocycles. The Morgan fingerprint density at radius 3 is 2.53 bits per heavy atom. The molecule has 0 atom stereocenters. The van der Waals surface area contributed by atoms with Crippen molar-refractivity contribution in [3.8, 4) is 0 Å². The Kier molecular flexibility index (Phi) is 6.45. The molecule has 0 aliphatic heterocycles. The molecule has 202 valence electrons. The first-order valence-electron chi connectivity index (χ1n) is 12.6. The number of nitrogens with two attached hydrogens (primary N) is 1. The number of benzene rings is 1. The monoisotopic (exact) mass is 528 g/mol. The van der Waals surface area contributed by atoms with Gasteiger partial charge in [0.1, 0.15) is 23.5 Å². The van der Waals surface area contributed by atoms with E-state index in [1.807, 2.05) is 23.7 Å². The molecule has 1 aromatic carbocycles. The van der Waals surface area contributed by atoms with E-state index in [2.05, 4.69) is 39.1 Å². The van der Waals surface area contributed by atoms with E-state index in [1.54, 1.807) is 13.4 Å². The van der Waals surface area contributed by atoms with Gasteiger partial charge in [-0.15, -0.1) is 10.2 Å². The molecule has 2 aromatic heterocycles. The molecule has 2 N–H and O–H groups in total. The van der Waals surface area contributed by atoms with Gasteiger partial charge in [-0.25, -0.2) is 4.98 Å². The smallest absolute Gasteiger partial charge is 0.381 e. The summed E-state index contributed by atoms with van der Waals surface area (Å²) < 4.78 is 48.3. The Labute approximate surface area is 219 Å². The van der Waals surface area contributed by atoms with E-state index in [0.717, 1.165) is 55.2 Å². The third kappa shape index (κ3) is 4.53. The fourth-order valence-electron chi connectivity index (χ4n) is 5.80. The van der Waals surface area contributed by atoms with Gasteiger partial charge in [-0.05, 0) is 74.4 Å². The highest BCUT2D eigenvalue weighted by Crippen LogP contribution is 2.50. The van der Waals surface area contributed by atoms with E-state index < -0.39 is 23.5 Å². The van der Waals surface area contributed by atoms with Gasteiger partial charge in [0.2, 0.25) is 0 Å². The summed E-state index contributed by atoms with van der Waals surface area (Å²) in [6.45, 7) is 2.29. The molecule has 5 rings (SSSR count). The number of pyridine rings is 1. The zero-order valence-electron chi connectivity index (χ0n) is 21.6. The van der Waals surface area contributed by atoms with E-state index in [4.69, 9.17) is 10.5 Å². The number of carbonyl (C=O) groups excluding carboxylic acids is 1. The highest BCUT2D eigenvalue weighted by atomic mass is 19.4. The number of hydrogen-bond donors (Lipinski definition) is 1. The van der Waals surface area contributed by atoms with Crippen molar-refractivity contribution in [1.29, 1.82) is 0 Å². The number of carbonyl (C=O) groups is 1. The summed E-state index contributed by atoms with van der Waals surface area (Å²) in [7, 11) is 3.62. The van der Waals surface area contributed by atoms with Gasteiger partial charge in [-0.1, -0.05) is 12.1 Å².